The van der Waals surface area contributed by atoms with Crippen LogP contribution in [0.1, 0.15) is 6.92 Å². The highest BCUT2D eigenvalue weighted by atomic mass is 32.2. The lowest BCUT2D eigenvalue weighted by molar-refractivity contribution is -0.160. The van der Waals surface area contributed by atoms with Gasteiger partial charge in [-0.1, -0.05) is 0 Å². The van der Waals surface area contributed by atoms with Gasteiger partial charge in [-0.25, -0.2) is 4.79 Å². The van der Waals surface area contributed by atoms with Gasteiger partial charge in [0.05, 0.1) is 23.3 Å². The molecule has 4 atom stereocenters. The van der Waals surface area contributed by atoms with Gasteiger partial charge in [-0.3, -0.25) is 9.69 Å². The van der Waals surface area contributed by atoms with Crippen molar-refractivity contribution in [3.63, 3.8) is 0 Å². The summed E-state index contributed by atoms with van der Waals surface area (Å²) >= 11 is 3.38. The van der Waals surface area contributed by atoms with Crippen LogP contribution in [0.5, 0.6) is 0 Å². The van der Waals surface area contributed by atoms with Crippen molar-refractivity contribution in [1.82, 2.24) is 4.90 Å². The van der Waals surface area contributed by atoms with Crippen LogP contribution in [0.4, 0.5) is 0 Å². The Morgan fingerprint density at radius 1 is 1.41 bits per heavy atom. The van der Waals surface area contributed by atoms with Gasteiger partial charge < -0.3 is 9.53 Å². The summed E-state index contributed by atoms with van der Waals surface area (Å²) in [5.41, 5.74) is 0.216. The van der Waals surface area contributed by atoms with Crippen molar-refractivity contribution < 1.29 is 19.1 Å². The normalized spacial score (nSPS) is 32.5. The van der Waals surface area contributed by atoms with Gasteiger partial charge in [0.1, 0.15) is 5.70 Å². The molecule has 2 fully saturated rings. The van der Waals surface area contributed by atoms with E-state index in [1.807, 2.05) is 6.92 Å². The molecule has 0 bridgehead atoms. The fourth-order valence-corrected chi connectivity index (χ4v) is 7.73. The summed E-state index contributed by atoms with van der Waals surface area (Å²) in [4.78, 5) is 26.6. The van der Waals surface area contributed by atoms with Crippen LogP contribution in [0, 0.1) is 5.92 Å². The van der Waals surface area contributed by atoms with E-state index in [1.54, 1.807) is 23.5 Å². The van der Waals surface area contributed by atoms with Crippen molar-refractivity contribution >= 4 is 43.7 Å². The van der Waals surface area contributed by atoms with Crippen LogP contribution >= 0.6 is 23.5 Å². The molecule has 5 nitrogen and oxygen atoms in total. The second kappa shape index (κ2) is 5.57. The largest absolute Gasteiger partial charge is 0.477 e. The number of carboxylic acids is 1. The molecule has 0 saturated carbocycles. The Morgan fingerprint density at radius 3 is 2.68 bits per heavy atom. The zero-order valence-corrected chi connectivity index (χ0v) is 15.8. The number of carbonyl (C=O) groups is 2. The number of hydrogen-bond donors (Lipinski definition) is 1. The lowest BCUT2D eigenvalue weighted by Crippen LogP contribution is -2.65. The van der Waals surface area contributed by atoms with Gasteiger partial charge in [-0.05, 0) is 26.6 Å². The number of nitrogens with zero attached hydrogens (tertiary/aromatic N) is 1. The minimum atomic E-state index is -1.73. The summed E-state index contributed by atoms with van der Waals surface area (Å²) < 4.78 is 6.11. The van der Waals surface area contributed by atoms with Gasteiger partial charge in [-0.2, -0.15) is 11.8 Å². The molecule has 0 aromatic rings. The first kappa shape index (κ1) is 16.4. The third kappa shape index (κ3) is 2.53. The predicted molar refractivity (Wildman–Crippen MR) is 91.4 cm³/mol. The fourth-order valence-electron chi connectivity index (χ4n) is 3.49. The quantitative estimate of drug-likeness (QED) is 0.613. The highest BCUT2D eigenvalue weighted by Crippen LogP contribution is 2.54. The molecule has 0 unspecified atom stereocenters. The van der Waals surface area contributed by atoms with Crippen LogP contribution in [0.3, 0.4) is 0 Å². The van der Waals surface area contributed by atoms with Crippen molar-refractivity contribution in [2.75, 3.05) is 11.5 Å². The molecule has 3 rings (SSSR count). The molecule has 22 heavy (non-hydrogen) atoms. The monoisotopic (exact) mass is 359 g/mol. The van der Waals surface area contributed by atoms with E-state index in [2.05, 4.69) is 19.6 Å². The molecule has 0 radical (unpaired) electrons. The van der Waals surface area contributed by atoms with E-state index in [1.165, 1.54) is 4.90 Å². The number of β-lactam (4-membered cyclic amide) rings is 1. The summed E-state index contributed by atoms with van der Waals surface area (Å²) in [6.07, 6.45) is -0.151. The third-order valence-electron chi connectivity index (χ3n) is 4.12. The number of aliphatic carboxylic acids is 1. The second-order valence-corrected chi connectivity index (χ2v) is 13.7. The van der Waals surface area contributed by atoms with E-state index in [0.29, 0.717) is 0 Å². The van der Waals surface area contributed by atoms with Crippen molar-refractivity contribution in [1.29, 1.82) is 0 Å². The molecule has 3 aliphatic heterocycles. The maximum Gasteiger partial charge on any atom is 0.353 e. The molecule has 0 aliphatic carbocycles. The molecule has 3 aliphatic rings. The van der Waals surface area contributed by atoms with Crippen molar-refractivity contribution in [3.05, 3.63) is 10.6 Å². The van der Waals surface area contributed by atoms with Crippen molar-refractivity contribution in [3.8, 4) is 0 Å². The maximum atomic E-state index is 12.6. The van der Waals surface area contributed by atoms with Gasteiger partial charge in [0.25, 0.3) is 0 Å². The maximum absolute atomic E-state index is 12.6. The number of carbonyl (C=O) groups excluding carboxylic acids is 1. The highest BCUT2D eigenvalue weighted by Gasteiger charge is 2.62. The molecule has 0 aromatic carbocycles. The van der Waals surface area contributed by atoms with Gasteiger partial charge in [0.2, 0.25) is 5.91 Å². The predicted octanol–water partition coefficient (Wildman–Crippen LogP) is 2.21. The molecule has 3 heterocycles. The smallest absolute Gasteiger partial charge is 0.353 e. The second-order valence-electron chi connectivity index (χ2n) is 6.82. The van der Waals surface area contributed by atoms with E-state index >= 15 is 0 Å². The lowest BCUT2D eigenvalue weighted by atomic mass is 9.83. The van der Waals surface area contributed by atoms with E-state index in [-0.39, 0.29) is 34.9 Å². The molecule has 0 spiro atoms. The Hall–Kier alpha value is -0.443. The van der Waals surface area contributed by atoms with Crippen molar-refractivity contribution in [2.24, 2.45) is 5.92 Å². The van der Waals surface area contributed by atoms with Gasteiger partial charge in [0.15, 0.2) is 8.32 Å². The first-order chi connectivity index (χ1) is 10.2. The Balaban J connectivity index is 1.87. The molecule has 1 amide bonds. The third-order valence-corrected chi connectivity index (χ3v) is 8.08. The van der Waals surface area contributed by atoms with E-state index in [4.69, 9.17) is 4.43 Å². The first-order valence-corrected chi connectivity index (χ1v) is 12.9. The summed E-state index contributed by atoms with van der Waals surface area (Å²) in [7, 11) is -1.73. The molecule has 8 heteroatoms. The van der Waals surface area contributed by atoms with Crippen LogP contribution in [0.2, 0.25) is 19.6 Å². The highest BCUT2D eigenvalue weighted by molar-refractivity contribution is 8.09. The van der Waals surface area contributed by atoms with Gasteiger partial charge in [-0.15, -0.1) is 11.8 Å². The zero-order valence-electron chi connectivity index (χ0n) is 13.2. The summed E-state index contributed by atoms with van der Waals surface area (Å²) in [6.45, 7) is 8.28. The number of hydrogen-bond acceptors (Lipinski definition) is 5. The number of fused-ring (bicyclic) bond motifs is 3. The molecule has 122 valence electrons. The average Bonchev–Trinajstić information content (AvgIpc) is 2.68. The molecule has 0 aromatic heterocycles. The zero-order chi connectivity index (χ0) is 16.2. The SMILES string of the molecule is C[C@@H](O[Si](C)(C)C)[C@H]1C(=O)N2C(C(=O)O)=C3SCCS[C@@H]3[C@H]12. The number of rotatable bonds is 4. The Labute approximate surface area is 140 Å². The minimum absolute atomic E-state index is 0.0438. The Kier molecular flexibility index (Phi) is 4.16. The van der Waals surface area contributed by atoms with Crippen LogP contribution < -0.4 is 0 Å². The van der Waals surface area contributed by atoms with Crippen LogP contribution in [-0.4, -0.2) is 59.1 Å². The van der Waals surface area contributed by atoms with E-state index in [9.17, 15) is 14.7 Å². The summed E-state index contributed by atoms with van der Waals surface area (Å²) in [5, 5.41) is 9.62. The van der Waals surface area contributed by atoms with Gasteiger partial charge in [0, 0.05) is 16.4 Å². The Bertz CT molecular complexity index is 560. The molecular weight excluding hydrogens is 338 g/mol. The van der Waals surface area contributed by atoms with E-state index < -0.39 is 14.3 Å². The lowest BCUT2D eigenvalue weighted by Gasteiger charge is -2.48. The van der Waals surface area contributed by atoms with Gasteiger partial charge >= 0.3 is 5.97 Å². The first-order valence-electron chi connectivity index (χ1n) is 7.45. The van der Waals surface area contributed by atoms with Crippen molar-refractivity contribution in [2.45, 2.75) is 44.0 Å². The number of carboxylic acid groups (broad SMARTS) is 1. The number of amides is 1. The van der Waals surface area contributed by atoms with Crippen LogP contribution in [-0.2, 0) is 14.0 Å². The fraction of sp³-hybridized carbons (Fsp3) is 0.714. The summed E-state index contributed by atoms with van der Waals surface area (Å²) in [6, 6.07) is -0.0438. The molecular formula is C14H21NO4S2Si. The standard InChI is InChI=1S/C14H21NO4S2Si/c1-7(19-22(2,3)4)8-9-11-12(21-6-5-20-11)10(14(17)18)15(9)13(8)16/h7-9,11H,5-6H2,1-4H3,(H,17,18)/t7-,8-,9+,11-/m1/s1. The molecule has 1 N–H and O–H groups in total. The minimum Gasteiger partial charge on any atom is -0.477 e. The van der Waals surface area contributed by atoms with Crippen LogP contribution in [0.25, 0.3) is 0 Å². The number of thioether (sulfide) groups is 2. The average molecular weight is 360 g/mol. The topological polar surface area (TPSA) is 66.8 Å². The van der Waals surface area contributed by atoms with Crippen LogP contribution in [0.15, 0.2) is 10.6 Å². The molecule has 2 saturated heterocycles. The summed E-state index contributed by atoms with van der Waals surface area (Å²) in [5.74, 6) is 0.627. The van der Waals surface area contributed by atoms with E-state index in [0.717, 1.165) is 16.4 Å². The Morgan fingerprint density at radius 2 is 2.09 bits per heavy atom.